The van der Waals surface area contributed by atoms with Crippen LogP contribution < -0.4 is 5.32 Å². The molecule has 21 heavy (non-hydrogen) atoms. The van der Waals surface area contributed by atoms with Crippen molar-refractivity contribution in [3.8, 4) is 0 Å². The highest BCUT2D eigenvalue weighted by Gasteiger charge is 2.28. The smallest absolute Gasteiger partial charge is 0.372 e. The second-order valence-corrected chi connectivity index (χ2v) is 4.62. The fourth-order valence-electron chi connectivity index (χ4n) is 1.93. The first kappa shape index (κ1) is 17.5. The van der Waals surface area contributed by atoms with Gasteiger partial charge in [-0.05, 0) is 6.92 Å². The molecule has 0 aromatic rings. The van der Waals surface area contributed by atoms with E-state index in [0.717, 1.165) is 0 Å². The van der Waals surface area contributed by atoms with E-state index in [2.05, 4.69) is 10.1 Å². The van der Waals surface area contributed by atoms with Gasteiger partial charge in [0.05, 0.1) is 13.0 Å². The molecule has 0 atom stereocenters. The van der Waals surface area contributed by atoms with Crippen LogP contribution in [-0.2, 0) is 9.53 Å². The first-order chi connectivity index (χ1) is 9.83. The Hall–Kier alpha value is -1.51. The van der Waals surface area contributed by atoms with Crippen molar-refractivity contribution in [3.05, 3.63) is 0 Å². The fraction of sp³-hybridized carbons (Fsp3) is 0.833. The van der Waals surface area contributed by atoms with Crippen molar-refractivity contribution in [2.75, 3.05) is 45.9 Å². The standard InChI is InChI=1S/C12H20F3N3O3/c1-2-16-11(20)18-6-4-17(5-7-18)10(19)3-8-21-9-12(13,14)15/h2-9H2,1H3,(H,16,20). The summed E-state index contributed by atoms with van der Waals surface area (Å²) in [5.74, 6) is -0.257. The predicted octanol–water partition coefficient (Wildman–Crippen LogP) is 0.829. The van der Waals surface area contributed by atoms with Crippen LogP contribution in [-0.4, -0.2) is 73.9 Å². The summed E-state index contributed by atoms with van der Waals surface area (Å²) in [7, 11) is 0. The van der Waals surface area contributed by atoms with Crippen LogP contribution in [0.2, 0.25) is 0 Å². The molecule has 9 heteroatoms. The van der Waals surface area contributed by atoms with Crippen LogP contribution in [0.5, 0.6) is 0 Å². The van der Waals surface area contributed by atoms with Crippen molar-refractivity contribution >= 4 is 11.9 Å². The second kappa shape index (κ2) is 8.06. The number of halogens is 3. The van der Waals surface area contributed by atoms with E-state index in [-0.39, 0.29) is 25.0 Å². The Balaban J connectivity index is 2.21. The lowest BCUT2D eigenvalue weighted by atomic mass is 10.3. The van der Waals surface area contributed by atoms with Crippen molar-refractivity contribution in [3.63, 3.8) is 0 Å². The van der Waals surface area contributed by atoms with E-state index in [0.29, 0.717) is 32.7 Å². The number of carbonyl (C=O) groups is 2. The quantitative estimate of drug-likeness (QED) is 0.765. The number of rotatable bonds is 5. The van der Waals surface area contributed by atoms with Gasteiger partial charge in [0.2, 0.25) is 5.91 Å². The number of amides is 3. The van der Waals surface area contributed by atoms with E-state index < -0.39 is 12.8 Å². The van der Waals surface area contributed by atoms with Gasteiger partial charge in [0.25, 0.3) is 0 Å². The molecule has 1 aliphatic rings. The Morgan fingerprint density at radius 1 is 1.14 bits per heavy atom. The highest BCUT2D eigenvalue weighted by molar-refractivity contribution is 5.77. The lowest BCUT2D eigenvalue weighted by Gasteiger charge is -2.34. The summed E-state index contributed by atoms with van der Waals surface area (Å²) in [6.45, 7) is 2.36. The normalized spacial score (nSPS) is 16.0. The molecule has 1 rings (SSSR count). The number of ether oxygens (including phenoxy) is 1. The van der Waals surface area contributed by atoms with E-state index in [1.165, 1.54) is 4.90 Å². The zero-order chi connectivity index (χ0) is 15.9. The molecule has 3 amide bonds. The fourth-order valence-corrected chi connectivity index (χ4v) is 1.93. The van der Waals surface area contributed by atoms with Crippen LogP contribution in [0.4, 0.5) is 18.0 Å². The molecule has 122 valence electrons. The summed E-state index contributed by atoms with van der Waals surface area (Å²) < 4.78 is 40.0. The van der Waals surface area contributed by atoms with E-state index >= 15 is 0 Å². The van der Waals surface area contributed by atoms with Crippen LogP contribution in [0, 0.1) is 0 Å². The zero-order valence-electron chi connectivity index (χ0n) is 11.9. The van der Waals surface area contributed by atoms with Gasteiger partial charge in [0, 0.05) is 32.7 Å². The minimum Gasteiger partial charge on any atom is -0.372 e. The highest BCUT2D eigenvalue weighted by atomic mass is 19.4. The van der Waals surface area contributed by atoms with Crippen molar-refractivity contribution < 1.29 is 27.5 Å². The van der Waals surface area contributed by atoms with Crippen LogP contribution in [0.1, 0.15) is 13.3 Å². The molecule has 1 N–H and O–H groups in total. The van der Waals surface area contributed by atoms with E-state index in [1.807, 2.05) is 6.92 Å². The molecule has 0 spiro atoms. The van der Waals surface area contributed by atoms with Gasteiger partial charge in [-0.1, -0.05) is 0 Å². The maximum Gasteiger partial charge on any atom is 0.411 e. The average Bonchev–Trinajstić information content (AvgIpc) is 2.43. The van der Waals surface area contributed by atoms with Crippen LogP contribution in [0.3, 0.4) is 0 Å². The number of piperazine rings is 1. The summed E-state index contributed by atoms with van der Waals surface area (Å²) in [5, 5.41) is 2.67. The van der Waals surface area contributed by atoms with E-state index in [1.54, 1.807) is 4.90 Å². The Bertz CT molecular complexity index is 355. The third kappa shape index (κ3) is 6.65. The molecule has 0 saturated carbocycles. The molecule has 0 aromatic carbocycles. The lowest BCUT2D eigenvalue weighted by molar-refractivity contribution is -0.175. The Kier molecular flexibility index (Phi) is 6.73. The van der Waals surface area contributed by atoms with Crippen LogP contribution in [0.15, 0.2) is 0 Å². The number of hydrogen-bond donors (Lipinski definition) is 1. The van der Waals surface area contributed by atoms with Gasteiger partial charge in [0.15, 0.2) is 0 Å². The van der Waals surface area contributed by atoms with E-state index in [9.17, 15) is 22.8 Å². The van der Waals surface area contributed by atoms with Gasteiger partial charge in [0.1, 0.15) is 6.61 Å². The van der Waals surface area contributed by atoms with Gasteiger partial charge in [-0.15, -0.1) is 0 Å². The first-order valence-electron chi connectivity index (χ1n) is 6.78. The molecule has 1 saturated heterocycles. The summed E-state index contributed by atoms with van der Waals surface area (Å²) >= 11 is 0. The predicted molar refractivity (Wildman–Crippen MR) is 68.7 cm³/mol. The maximum absolute atomic E-state index is 11.9. The molecule has 0 bridgehead atoms. The molecule has 6 nitrogen and oxygen atoms in total. The van der Waals surface area contributed by atoms with Crippen molar-refractivity contribution in [1.29, 1.82) is 0 Å². The molecule has 0 unspecified atom stereocenters. The summed E-state index contributed by atoms with van der Waals surface area (Å²) in [4.78, 5) is 26.5. The van der Waals surface area contributed by atoms with Crippen molar-refractivity contribution in [2.45, 2.75) is 19.5 Å². The highest BCUT2D eigenvalue weighted by Crippen LogP contribution is 2.14. The third-order valence-electron chi connectivity index (χ3n) is 2.97. The van der Waals surface area contributed by atoms with Gasteiger partial charge in [-0.3, -0.25) is 4.79 Å². The van der Waals surface area contributed by atoms with Crippen LogP contribution in [0.25, 0.3) is 0 Å². The van der Waals surface area contributed by atoms with Gasteiger partial charge >= 0.3 is 12.2 Å². The second-order valence-electron chi connectivity index (χ2n) is 4.62. The number of nitrogens with one attached hydrogen (secondary N) is 1. The minimum absolute atomic E-state index is 0.0861. The SMILES string of the molecule is CCNC(=O)N1CCN(C(=O)CCOCC(F)(F)F)CC1. The van der Waals surface area contributed by atoms with Crippen molar-refractivity contribution in [2.24, 2.45) is 0 Å². The molecular weight excluding hydrogens is 291 g/mol. The third-order valence-corrected chi connectivity index (χ3v) is 2.97. The number of nitrogens with zero attached hydrogens (tertiary/aromatic N) is 2. The van der Waals surface area contributed by atoms with Gasteiger partial charge in [-0.25, -0.2) is 4.79 Å². The summed E-state index contributed by atoms with van der Waals surface area (Å²) in [6.07, 6.45) is -4.46. The first-order valence-corrected chi connectivity index (χ1v) is 6.78. The molecule has 0 aliphatic carbocycles. The number of hydrogen-bond acceptors (Lipinski definition) is 3. The molecule has 1 fully saturated rings. The molecular formula is C12H20F3N3O3. The molecule has 1 heterocycles. The minimum atomic E-state index is -4.37. The van der Waals surface area contributed by atoms with Crippen molar-refractivity contribution in [1.82, 2.24) is 15.1 Å². The van der Waals surface area contributed by atoms with Crippen LogP contribution >= 0.6 is 0 Å². The Morgan fingerprint density at radius 3 is 2.24 bits per heavy atom. The topological polar surface area (TPSA) is 61.9 Å². The summed E-state index contributed by atoms with van der Waals surface area (Å²) in [6, 6.07) is -0.168. The molecule has 1 aliphatic heterocycles. The number of alkyl halides is 3. The number of urea groups is 1. The Morgan fingerprint density at radius 2 is 1.71 bits per heavy atom. The average molecular weight is 311 g/mol. The summed E-state index contributed by atoms with van der Waals surface area (Å²) in [5.41, 5.74) is 0. The largest absolute Gasteiger partial charge is 0.411 e. The molecule has 0 aromatic heterocycles. The van der Waals surface area contributed by atoms with E-state index in [4.69, 9.17) is 0 Å². The maximum atomic E-state index is 11.9. The van der Waals surface area contributed by atoms with Gasteiger partial charge < -0.3 is 19.9 Å². The van der Waals surface area contributed by atoms with Gasteiger partial charge in [-0.2, -0.15) is 13.2 Å². The zero-order valence-corrected chi connectivity index (χ0v) is 11.9. The monoisotopic (exact) mass is 311 g/mol. The molecule has 0 radical (unpaired) electrons. The Labute approximate surface area is 121 Å². The number of carbonyl (C=O) groups excluding carboxylic acids is 2. The lowest BCUT2D eigenvalue weighted by Crippen LogP contribution is -2.53.